The van der Waals surface area contributed by atoms with Crippen LogP contribution in [0.1, 0.15) is 58.3 Å². The van der Waals surface area contributed by atoms with Crippen molar-refractivity contribution >= 4 is 39.0 Å². The van der Waals surface area contributed by atoms with Gasteiger partial charge in [0.15, 0.2) is 4.34 Å². The Morgan fingerprint density at radius 1 is 1.05 bits per heavy atom. The predicted molar refractivity (Wildman–Crippen MR) is 97.4 cm³/mol. The van der Waals surface area contributed by atoms with E-state index in [2.05, 4.69) is 11.9 Å². The molecule has 0 aliphatic rings. The maximum Gasteiger partial charge on any atom is 0.151 e. The van der Waals surface area contributed by atoms with Crippen molar-refractivity contribution < 1.29 is 0 Å². The summed E-state index contributed by atoms with van der Waals surface area (Å²) in [7, 11) is 0. The van der Waals surface area contributed by atoms with Crippen LogP contribution in [0.5, 0.6) is 0 Å². The Bertz CT molecular complexity index is 537. The van der Waals surface area contributed by atoms with Gasteiger partial charge in [0, 0.05) is 11.4 Å². The minimum atomic E-state index is 0.825. The Morgan fingerprint density at radius 2 is 1.76 bits per heavy atom. The van der Waals surface area contributed by atoms with Crippen LogP contribution in [0, 0.1) is 0 Å². The molecule has 0 radical (unpaired) electrons. The number of thiazole rings is 1. The SMILES string of the molecule is CCCCCCCCCCSc1nc2ccc(N)cc2s1. The van der Waals surface area contributed by atoms with E-state index in [1.165, 1.54) is 66.2 Å². The zero-order valence-corrected chi connectivity index (χ0v) is 14.6. The summed E-state index contributed by atoms with van der Waals surface area (Å²) in [4.78, 5) is 4.65. The molecule has 0 spiro atoms. The van der Waals surface area contributed by atoms with Gasteiger partial charge in [-0.1, -0.05) is 63.6 Å². The maximum atomic E-state index is 5.80. The maximum absolute atomic E-state index is 5.80. The lowest BCUT2D eigenvalue weighted by Crippen LogP contribution is -1.83. The summed E-state index contributed by atoms with van der Waals surface area (Å²) in [6.07, 6.45) is 11.0. The van der Waals surface area contributed by atoms with Gasteiger partial charge < -0.3 is 5.73 Å². The van der Waals surface area contributed by atoms with Crippen molar-refractivity contribution in [3.8, 4) is 0 Å². The second-order valence-corrected chi connectivity index (χ2v) is 7.90. The molecule has 0 aliphatic heterocycles. The standard InChI is InChI=1S/C17H26N2S2/c1-2-3-4-5-6-7-8-9-12-20-17-19-15-11-10-14(18)13-16(15)21-17/h10-11,13H,2-9,12,18H2,1H3. The lowest BCUT2D eigenvalue weighted by molar-refractivity contribution is 0.586. The average Bonchev–Trinajstić information content (AvgIpc) is 2.87. The molecular weight excluding hydrogens is 296 g/mol. The molecule has 2 N–H and O–H groups in total. The quantitative estimate of drug-likeness (QED) is 0.326. The average molecular weight is 323 g/mol. The van der Waals surface area contributed by atoms with E-state index in [0.717, 1.165) is 11.2 Å². The molecule has 0 bridgehead atoms. The van der Waals surface area contributed by atoms with Gasteiger partial charge in [-0.05, 0) is 24.6 Å². The minimum absolute atomic E-state index is 0.825. The third-order valence-corrected chi connectivity index (χ3v) is 5.86. The van der Waals surface area contributed by atoms with E-state index in [-0.39, 0.29) is 0 Å². The zero-order chi connectivity index (χ0) is 14.9. The molecule has 0 fully saturated rings. The van der Waals surface area contributed by atoms with E-state index in [9.17, 15) is 0 Å². The molecule has 1 aromatic heterocycles. The van der Waals surface area contributed by atoms with Crippen molar-refractivity contribution in [2.45, 2.75) is 62.6 Å². The first-order valence-electron chi connectivity index (χ1n) is 8.08. The monoisotopic (exact) mass is 322 g/mol. The summed E-state index contributed by atoms with van der Waals surface area (Å²) < 4.78 is 2.38. The highest BCUT2D eigenvalue weighted by Gasteiger charge is 2.04. The van der Waals surface area contributed by atoms with E-state index >= 15 is 0 Å². The number of benzene rings is 1. The van der Waals surface area contributed by atoms with E-state index in [4.69, 9.17) is 5.73 Å². The van der Waals surface area contributed by atoms with Gasteiger partial charge in [0.2, 0.25) is 0 Å². The Kier molecular flexibility index (Phi) is 7.37. The van der Waals surface area contributed by atoms with Crippen LogP contribution >= 0.6 is 23.1 Å². The number of hydrogen-bond acceptors (Lipinski definition) is 4. The summed E-state index contributed by atoms with van der Waals surface area (Å²) in [6, 6.07) is 5.96. The second-order valence-electron chi connectivity index (χ2n) is 5.53. The number of nitrogens with zero attached hydrogens (tertiary/aromatic N) is 1. The fourth-order valence-electron chi connectivity index (χ4n) is 2.38. The van der Waals surface area contributed by atoms with Crippen molar-refractivity contribution in [2.75, 3.05) is 11.5 Å². The second kappa shape index (κ2) is 9.31. The number of unbranched alkanes of at least 4 members (excludes halogenated alkanes) is 7. The Balaban J connectivity index is 1.59. The summed E-state index contributed by atoms with van der Waals surface area (Å²) in [6.45, 7) is 2.27. The minimum Gasteiger partial charge on any atom is -0.399 e. The summed E-state index contributed by atoms with van der Waals surface area (Å²) >= 11 is 3.65. The number of anilines is 1. The lowest BCUT2D eigenvalue weighted by atomic mass is 10.1. The first kappa shape index (κ1) is 16.6. The van der Waals surface area contributed by atoms with Gasteiger partial charge in [0.25, 0.3) is 0 Å². The van der Waals surface area contributed by atoms with Gasteiger partial charge in [-0.25, -0.2) is 4.98 Å². The first-order valence-corrected chi connectivity index (χ1v) is 9.88. The zero-order valence-electron chi connectivity index (χ0n) is 12.9. The van der Waals surface area contributed by atoms with Gasteiger partial charge >= 0.3 is 0 Å². The molecule has 0 saturated carbocycles. The highest BCUT2D eigenvalue weighted by molar-refractivity contribution is 8.01. The highest BCUT2D eigenvalue weighted by Crippen LogP contribution is 2.31. The van der Waals surface area contributed by atoms with Crippen LogP contribution in [-0.2, 0) is 0 Å². The number of nitrogen functional groups attached to an aromatic ring is 1. The molecule has 4 heteroatoms. The van der Waals surface area contributed by atoms with Gasteiger partial charge in [0.05, 0.1) is 10.2 Å². The van der Waals surface area contributed by atoms with Crippen LogP contribution in [0.2, 0.25) is 0 Å². The van der Waals surface area contributed by atoms with Crippen LogP contribution < -0.4 is 5.73 Å². The number of rotatable bonds is 10. The fourth-order valence-corrected chi connectivity index (χ4v) is 4.56. The van der Waals surface area contributed by atoms with Crippen LogP contribution in [0.25, 0.3) is 10.2 Å². The molecule has 2 rings (SSSR count). The molecule has 0 saturated heterocycles. The molecule has 0 unspecified atom stereocenters. The molecular formula is C17H26N2S2. The Hall–Kier alpha value is -0.740. The molecule has 2 nitrogen and oxygen atoms in total. The van der Waals surface area contributed by atoms with Gasteiger partial charge in [-0.15, -0.1) is 11.3 Å². The highest BCUT2D eigenvalue weighted by atomic mass is 32.2. The van der Waals surface area contributed by atoms with Gasteiger partial charge in [-0.3, -0.25) is 0 Å². The number of nitrogens with two attached hydrogens (primary N) is 1. The molecule has 0 aliphatic carbocycles. The van der Waals surface area contributed by atoms with E-state index in [1.807, 2.05) is 30.0 Å². The van der Waals surface area contributed by atoms with E-state index < -0.39 is 0 Å². The number of fused-ring (bicyclic) bond motifs is 1. The Labute approximate surface area is 136 Å². The number of aromatic nitrogens is 1. The molecule has 1 heterocycles. The Morgan fingerprint density at radius 3 is 2.52 bits per heavy atom. The summed E-state index contributed by atoms with van der Waals surface area (Å²) in [5.74, 6) is 1.18. The van der Waals surface area contributed by atoms with Crippen molar-refractivity contribution in [1.29, 1.82) is 0 Å². The topological polar surface area (TPSA) is 38.9 Å². The van der Waals surface area contributed by atoms with Crippen molar-refractivity contribution in [3.63, 3.8) is 0 Å². The van der Waals surface area contributed by atoms with Gasteiger partial charge in [0.1, 0.15) is 0 Å². The normalized spacial score (nSPS) is 11.3. The van der Waals surface area contributed by atoms with Crippen molar-refractivity contribution in [1.82, 2.24) is 4.98 Å². The van der Waals surface area contributed by atoms with E-state index in [1.54, 1.807) is 11.3 Å². The van der Waals surface area contributed by atoms with Crippen LogP contribution in [0.3, 0.4) is 0 Å². The van der Waals surface area contributed by atoms with E-state index in [0.29, 0.717) is 0 Å². The lowest BCUT2D eigenvalue weighted by Gasteiger charge is -2.00. The van der Waals surface area contributed by atoms with Crippen molar-refractivity contribution in [2.24, 2.45) is 0 Å². The molecule has 0 amide bonds. The number of hydrogen-bond donors (Lipinski definition) is 1. The summed E-state index contributed by atoms with van der Waals surface area (Å²) in [5, 5.41) is 0. The van der Waals surface area contributed by atoms with Crippen LogP contribution in [-0.4, -0.2) is 10.7 Å². The largest absolute Gasteiger partial charge is 0.399 e. The van der Waals surface area contributed by atoms with Crippen molar-refractivity contribution in [3.05, 3.63) is 18.2 Å². The molecule has 2 aromatic rings. The van der Waals surface area contributed by atoms with Crippen LogP contribution in [0.4, 0.5) is 5.69 Å². The molecule has 116 valence electrons. The summed E-state index contributed by atoms with van der Waals surface area (Å²) in [5.41, 5.74) is 7.71. The first-order chi connectivity index (χ1) is 10.3. The molecule has 21 heavy (non-hydrogen) atoms. The molecule has 1 aromatic carbocycles. The molecule has 0 atom stereocenters. The fraction of sp³-hybridized carbons (Fsp3) is 0.588. The predicted octanol–water partition coefficient (Wildman–Crippen LogP) is 6.11. The van der Waals surface area contributed by atoms with Crippen LogP contribution in [0.15, 0.2) is 22.5 Å². The smallest absolute Gasteiger partial charge is 0.151 e. The third kappa shape index (κ3) is 5.87. The third-order valence-electron chi connectivity index (χ3n) is 3.62. The number of thioether (sulfide) groups is 1. The van der Waals surface area contributed by atoms with Gasteiger partial charge in [-0.2, -0.15) is 0 Å².